The molecule has 0 radical (unpaired) electrons. The Hall–Kier alpha value is -5.14. The second kappa shape index (κ2) is 11.0. The van der Waals surface area contributed by atoms with Crippen molar-refractivity contribution in [3.8, 4) is 22.6 Å². The number of amides is 1. The molecule has 1 aliphatic rings. The van der Waals surface area contributed by atoms with E-state index in [0.717, 1.165) is 0 Å². The lowest BCUT2D eigenvalue weighted by Crippen LogP contribution is -2.47. The van der Waals surface area contributed by atoms with Crippen molar-refractivity contribution >= 4 is 63.1 Å². The van der Waals surface area contributed by atoms with Crippen molar-refractivity contribution in [2.75, 3.05) is 31.5 Å². The topological polar surface area (TPSA) is 91.8 Å². The molecule has 1 N–H and O–H groups in total. The van der Waals surface area contributed by atoms with E-state index in [1.165, 1.54) is 41.7 Å². The van der Waals surface area contributed by atoms with Crippen LogP contribution in [0, 0.1) is 11.6 Å². The molecule has 1 amide bonds. The Kier molecular flexibility index (Phi) is 6.84. The van der Waals surface area contributed by atoms with Gasteiger partial charge in [0.25, 0.3) is 5.91 Å². The number of pyridine rings is 2. The maximum absolute atomic E-state index is 15.1. The predicted molar refractivity (Wildman–Crippen MR) is 177 cm³/mol. The van der Waals surface area contributed by atoms with Gasteiger partial charge in [0, 0.05) is 43.7 Å². The average Bonchev–Trinajstić information content (AvgIpc) is 3.63. The number of hydrogen-bond acceptors (Lipinski definition) is 8. The third kappa shape index (κ3) is 4.76. The lowest BCUT2D eigenvalue weighted by Gasteiger charge is -2.34. The maximum Gasteiger partial charge on any atom is 0.255 e. The summed E-state index contributed by atoms with van der Waals surface area (Å²) in [6.45, 7) is 1.02. The van der Waals surface area contributed by atoms with Gasteiger partial charge >= 0.3 is 0 Å². The van der Waals surface area contributed by atoms with Gasteiger partial charge in [-0.15, -0.1) is 0 Å². The molecule has 6 heterocycles. The smallest absolute Gasteiger partial charge is 0.255 e. The number of thiol groups is 1. The molecule has 0 saturated carbocycles. The number of aromatic nitrogens is 4. The molecule has 0 spiro atoms. The molecule has 236 valence electrons. The molecule has 1 saturated heterocycles. The van der Waals surface area contributed by atoms with Crippen molar-refractivity contribution in [1.82, 2.24) is 29.6 Å². The molecule has 8 rings (SSSR count). The van der Waals surface area contributed by atoms with Crippen molar-refractivity contribution < 1.29 is 22.4 Å². The lowest BCUT2D eigenvalue weighted by atomic mass is 10.0. The second-order valence-electron chi connectivity index (χ2n) is 11.5. The summed E-state index contributed by atoms with van der Waals surface area (Å²) < 4.78 is 52.0. The fourth-order valence-electron chi connectivity index (χ4n) is 6.26. The van der Waals surface area contributed by atoms with E-state index in [-0.39, 0.29) is 22.9 Å². The van der Waals surface area contributed by atoms with Crippen LogP contribution < -0.4 is 9.62 Å². The van der Waals surface area contributed by atoms with E-state index in [4.69, 9.17) is 19.4 Å². The Morgan fingerprint density at radius 2 is 1.81 bits per heavy atom. The lowest BCUT2D eigenvalue weighted by molar-refractivity contribution is 0.0567. The quantitative estimate of drug-likeness (QED) is 0.196. The summed E-state index contributed by atoms with van der Waals surface area (Å²) in [4.78, 5) is 29.9. The number of benzene rings is 2. The molecular weight excluding hydrogens is 627 g/mol. The van der Waals surface area contributed by atoms with E-state index in [2.05, 4.69) is 18.1 Å². The van der Waals surface area contributed by atoms with E-state index in [1.807, 2.05) is 21.4 Å². The number of carbonyl (C=O) groups is 1. The van der Waals surface area contributed by atoms with Crippen LogP contribution in [0.4, 0.5) is 19.0 Å². The van der Waals surface area contributed by atoms with E-state index in [9.17, 15) is 13.6 Å². The molecule has 0 atom stereocenters. The van der Waals surface area contributed by atoms with Crippen LogP contribution >= 0.6 is 12.8 Å². The van der Waals surface area contributed by atoms with Crippen molar-refractivity contribution in [3.63, 3.8) is 0 Å². The summed E-state index contributed by atoms with van der Waals surface area (Å²) in [5.74, 6) is 0.0929. The summed E-state index contributed by atoms with van der Waals surface area (Å²) in [6, 6.07) is 17.7. The van der Waals surface area contributed by atoms with Crippen molar-refractivity contribution in [3.05, 3.63) is 89.8 Å². The number of nitrogens with one attached hydrogen (secondary N) is 1. The molecule has 13 heteroatoms. The summed E-state index contributed by atoms with van der Waals surface area (Å²) in [6.07, 6.45) is -0.870. The van der Waals surface area contributed by atoms with Crippen LogP contribution in [0.15, 0.2) is 71.1 Å². The molecular formula is C34H26F3N7O2S. The van der Waals surface area contributed by atoms with Crippen LogP contribution in [-0.4, -0.2) is 63.5 Å². The van der Waals surface area contributed by atoms with Crippen LogP contribution in [-0.2, 0) is 6.54 Å². The molecule has 5 aromatic heterocycles. The number of halogens is 3. The highest BCUT2D eigenvalue weighted by molar-refractivity contribution is 7.81. The molecule has 1 aliphatic heterocycles. The van der Waals surface area contributed by atoms with Gasteiger partial charge in [-0.05, 0) is 60.7 Å². The van der Waals surface area contributed by atoms with Crippen LogP contribution in [0.3, 0.4) is 0 Å². The Morgan fingerprint density at radius 1 is 1.02 bits per heavy atom. The van der Waals surface area contributed by atoms with E-state index in [1.54, 1.807) is 31.3 Å². The van der Waals surface area contributed by atoms with Crippen LogP contribution in [0.25, 0.3) is 61.1 Å². The second-order valence-corrected chi connectivity index (χ2v) is 12.1. The Labute approximate surface area is 271 Å². The number of nitrogens with zero attached hydrogens (tertiary/aromatic N) is 6. The molecule has 1 fully saturated rings. The SMILES string of the molecule is CNC(=O)c1c(-c2ccc(F)cc2)oc2nc(N(C)S)c(-c3ccc4nc(CN5CC(F)C5)n5c6cccc(F)c6cc5c4n3)cc12. The van der Waals surface area contributed by atoms with Crippen molar-refractivity contribution in [2.45, 2.75) is 12.7 Å². The zero-order valence-electron chi connectivity index (χ0n) is 25.1. The van der Waals surface area contributed by atoms with Gasteiger partial charge in [-0.3, -0.25) is 14.1 Å². The van der Waals surface area contributed by atoms with Crippen LogP contribution in [0.5, 0.6) is 0 Å². The summed E-state index contributed by atoms with van der Waals surface area (Å²) >= 11 is 4.54. The van der Waals surface area contributed by atoms with Crippen molar-refractivity contribution in [2.24, 2.45) is 0 Å². The zero-order chi connectivity index (χ0) is 32.6. The Morgan fingerprint density at radius 3 is 2.53 bits per heavy atom. The number of rotatable bonds is 6. The Balaban J connectivity index is 1.36. The predicted octanol–water partition coefficient (Wildman–Crippen LogP) is 6.58. The molecule has 0 unspecified atom stereocenters. The first kappa shape index (κ1) is 29.3. The minimum absolute atomic E-state index is 0.187. The minimum Gasteiger partial charge on any atom is -0.437 e. The van der Waals surface area contributed by atoms with Gasteiger partial charge < -0.3 is 14.0 Å². The normalized spacial score (nSPS) is 14.0. The zero-order valence-corrected chi connectivity index (χ0v) is 26.0. The standard InChI is InChI=1S/C34H26F3N7O2S/c1-38-33(45)29-22-12-21(32(42(2)47)41-34(22)46-31(29)17-6-8-18(35)9-7-17)24-10-11-25-30(40-24)27-13-20-23(37)4-3-5-26(20)44(27)28(39-25)16-43-14-19(36)15-43/h3-13,19,47H,14-16H2,1-2H3,(H,38,45). The van der Waals surface area contributed by atoms with Crippen LogP contribution in [0.1, 0.15) is 16.2 Å². The van der Waals surface area contributed by atoms with Gasteiger partial charge in [0.15, 0.2) is 5.82 Å². The number of anilines is 1. The van der Waals surface area contributed by atoms with Crippen molar-refractivity contribution in [1.29, 1.82) is 0 Å². The first-order valence-corrected chi connectivity index (χ1v) is 15.2. The van der Waals surface area contributed by atoms with Crippen LogP contribution in [0.2, 0.25) is 0 Å². The molecule has 47 heavy (non-hydrogen) atoms. The average molecular weight is 654 g/mol. The number of fused-ring (bicyclic) bond motifs is 6. The molecule has 9 nitrogen and oxygen atoms in total. The number of carbonyl (C=O) groups excluding carboxylic acids is 1. The number of furan rings is 1. The molecule has 7 aromatic rings. The summed E-state index contributed by atoms with van der Waals surface area (Å²) in [7, 11) is 3.22. The molecule has 0 bridgehead atoms. The van der Waals surface area contributed by atoms with Gasteiger partial charge in [-0.25, -0.2) is 23.1 Å². The third-order valence-electron chi connectivity index (χ3n) is 8.50. The number of alkyl halides is 1. The number of likely N-dealkylation sites (tertiary alicyclic amines) is 1. The van der Waals surface area contributed by atoms with E-state index < -0.39 is 17.9 Å². The fourth-order valence-corrected chi connectivity index (χ4v) is 6.42. The first-order valence-electron chi connectivity index (χ1n) is 14.8. The van der Waals surface area contributed by atoms with E-state index >= 15 is 4.39 Å². The Bertz CT molecular complexity index is 2380. The van der Waals surface area contributed by atoms with Gasteiger partial charge in [0.05, 0.1) is 39.7 Å². The van der Waals surface area contributed by atoms with Gasteiger partial charge in [-0.1, -0.05) is 18.9 Å². The molecule has 2 aromatic carbocycles. The summed E-state index contributed by atoms with van der Waals surface area (Å²) in [5, 5.41) is 3.51. The summed E-state index contributed by atoms with van der Waals surface area (Å²) in [5.41, 5.74) is 4.36. The molecule has 0 aliphatic carbocycles. The number of hydrogen-bond donors (Lipinski definition) is 2. The monoisotopic (exact) mass is 653 g/mol. The highest BCUT2D eigenvalue weighted by Gasteiger charge is 2.29. The highest BCUT2D eigenvalue weighted by Crippen LogP contribution is 2.39. The minimum atomic E-state index is -0.870. The van der Waals surface area contributed by atoms with Gasteiger partial charge in [0.1, 0.15) is 34.9 Å². The van der Waals surface area contributed by atoms with Gasteiger partial charge in [0.2, 0.25) is 5.71 Å². The fraction of sp³-hybridized carbons (Fsp3) is 0.176. The third-order valence-corrected chi connectivity index (χ3v) is 8.69. The first-order chi connectivity index (χ1) is 22.7. The highest BCUT2D eigenvalue weighted by atomic mass is 32.1. The van der Waals surface area contributed by atoms with E-state index in [0.29, 0.717) is 80.9 Å². The van der Waals surface area contributed by atoms with Gasteiger partial charge in [-0.2, -0.15) is 4.98 Å². The maximum atomic E-state index is 15.1. The largest absolute Gasteiger partial charge is 0.437 e.